The molecule has 0 N–H and O–H groups in total. The number of fused-ring (bicyclic) bond motifs is 1. The second-order valence-electron chi connectivity index (χ2n) is 8.24. The fraction of sp³-hybridized carbons (Fsp3) is 0.619. The molecule has 5 rings (SSSR count). The van der Waals surface area contributed by atoms with E-state index in [0.29, 0.717) is 5.92 Å². The summed E-state index contributed by atoms with van der Waals surface area (Å²) in [6, 6.07) is 3.82. The molecule has 7 nitrogen and oxygen atoms in total. The summed E-state index contributed by atoms with van der Waals surface area (Å²) >= 11 is 0. The van der Waals surface area contributed by atoms with Crippen molar-refractivity contribution < 1.29 is 4.79 Å². The second kappa shape index (κ2) is 7.53. The van der Waals surface area contributed by atoms with Gasteiger partial charge < -0.3 is 14.4 Å². The van der Waals surface area contributed by atoms with Gasteiger partial charge in [0.25, 0.3) is 5.91 Å². The Hall–Kier alpha value is -2.44. The van der Waals surface area contributed by atoms with E-state index < -0.39 is 0 Å². The minimum atomic E-state index is 0.133. The van der Waals surface area contributed by atoms with Crippen molar-refractivity contribution in [3.8, 4) is 0 Å². The Morgan fingerprint density at radius 2 is 1.89 bits per heavy atom. The maximum Gasteiger partial charge on any atom is 0.257 e. The Morgan fingerprint density at radius 1 is 1.00 bits per heavy atom. The zero-order valence-corrected chi connectivity index (χ0v) is 16.4. The van der Waals surface area contributed by atoms with E-state index in [0.717, 1.165) is 87.9 Å². The molecule has 1 atom stereocenters. The molecule has 3 aliphatic rings. The number of carbonyl (C=O) groups excluding carboxylic acids is 1. The first-order chi connectivity index (χ1) is 13.8. The SMILES string of the molecule is O=C(c1cccnc1N1CCCC(c2nnc3n2CCC3)C1)N1CCCCC1. The zero-order valence-electron chi connectivity index (χ0n) is 16.4. The van der Waals surface area contributed by atoms with Gasteiger partial charge in [0.05, 0.1) is 5.56 Å². The van der Waals surface area contributed by atoms with Crippen LogP contribution in [0.15, 0.2) is 18.3 Å². The number of hydrogen-bond donors (Lipinski definition) is 0. The predicted octanol–water partition coefficient (Wildman–Crippen LogP) is 2.63. The van der Waals surface area contributed by atoms with E-state index in [1.54, 1.807) is 6.20 Å². The van der Waals surface area contributed by atoms with Gasteiger partial charge in [-0.15, -0.1) is 10.2 Å². The molecule has 28 heavy (non-hydrogen) atoms. The number of hydrogen-bond acceptors (Lipinski definition) is 5. The van der Waals surface area contributed by atoms with E-state index in [9.17, 15) is 4.79 Å². The van der Waals surface area contributed by atoms with E-state index in [4.69, 9.17) is 0 Å². The summed E-state index contributed by atoms with van der Waals surface area (Å²) in [6.45, 7) is 4.56. The fourth-order valence-corrected chi connectivity index (χ4v) is 4.94. The molecule has 0 spiro atoms. The van der Waals surface area contributed by atoms with Crippen molar-refractivity contribution in [3.05, 3.63) is 35.5 Å². The topological polar surface area (TPSA) is 67.2 Å². The van der Waals surface area contributed by atoms with Crippen LogP contribution in [0.3, 0.4) is 0 Å². The summed E-state index contributed by atoms with van der Waals surface area (Å²) in [5.41, 5.74) is 0.747. The number of aryl methyl sites for hydroxylation is 1. The van der Waals surface area contributed by atoms with Crippen LogP contribution in [0, 0.1) is 0 Å². The number of carbonyl (C=O) groups is 1. The molecule has 2 fully saturated rings. The summed E-state index contributed by atoms with van der Waals surface area (Å²) < 4.78 is 2.31. The molecule has 2 saturated heterocycles. The largest absolute Gasteiger partial charge is 0.355 e. The lowest BCUT2D eigenvalue weighted by Crippen LogP contribution is -2.39. The normalized spacial score (nSPS) is 22.4. The zero-order chi connectivity index (χ0) is 18.9. The molecule has 3 aliphatic heterocycles. The quantitative estimate of drug-likeness (QED) is 0.819. The van der Waals surface area contributed by atoms with Crippen LogP contribution in [-0.2, 0) is 13.0 Å². The smallest absolute Gasteiger partial charge is 0.257 e. The van der Waals surface area contributed by atoms with Crippen molar-refractivity contribution in [1.29, 1.82) is 0 Å². The summed E-state index contributed by atoms with van der Waals surface area (Å²) in [6.07, 6.45) is 9.65. The maximum absolute atomic E-state index is 13.2. The minimum Gasteiger partial charge on any atom is -0.355 e. The van der Waals surface area contributed by atoms with Gasteiger partial charge in [-0.05, 0) is 50.7 Å². The average Bonchev–Trinajstić information content (AvgIpc) is 3.38. The number of rotatable bonds is 3. The number of amides is 1. The summed E-state index contributed by atoms with van der Waals surface area (Å²) in [5, 5.41) is 8.91. The Kier molecular flexibility index (Phi) is 4.74. The van der Waals surface area contributed by atoms with Crippen LogP contribution in [0.2, 0.25) is 0 Å². The van der Waals surface area contributed by atoms with Gasteiger partial charge in [0.1, 0.15) is 17.5 Å². The Labute approximate surface area is 165 Å². The van der Waals surface area contributed by atoms with Crippen molar-refractivity contribution in [3.63, 3.8) is 0 Å². The van der Waals surface area contributed by atoms with Crippen LogP contribution in [-0.4, -0.2) is 56.7 Å². The van der Waals surface area contributed by atoms with Crippen LogP contribution in [0.25, 0.3) is 0 Å². The highest BCUT2D eigenvalue weighted by atomic mass is 16.2. The Balaban J connectivity index is 1.39. The third-order valence-electron chi connectivity index (χ3n) is 6.38. The molecule has 0 aliphatic carbocycles. The van der Waals surface area contributed by atoms with Crippen molar-refractivity contribution in [2.75, 3.05) is 31.1 Å². The van der Waals surface area contributed by atoms with E-state index in [-0.39, 0.29) is 5.91 Å². The van der Waals surface area contributed by atoms with E-state index >= 15 is 0 Å². The predicted molar refractivity (Wildman–Crippen MR) is 107 cm³/mol. The first-order valence-electron chi connectivity index (χ1n) is 10.7. The maximum atomic E-state index is 13.2. The second-order valence-corrected chi connectivity index (χ2v) is 8.24. The molecule has 1 unspecified atom stereocenters. The van der Waals surface area contributed by atoms with Gasteiger partial charge in [-0.3, -0.25) is 4.79 Å². The van der Waals surface area contributed by atoms with Gasteiger partial charge in [0.2, 0.25) is 0 Å². The van der Waals surface area contributed by atoms with E-state index in [1.165, 1.54) is 12.8 Å². The first kappa shape index (κ1) is 17.6. The van der Waals surface area contributed by atoms with Crippen molar-refractivity contribution in [2.24, 2.45) is 0 Å². The third kappa shape index (κ3) is 3.16. The number of nitrogens with zero attached hydrogens (tertiary/aromatic N) is 6. The molecule has 0 aromatic carbocycles. The van der Waals surface area contributed by atoms with Crippen LogP contribution >= 0.6 is 0 Å². The third-order valence-corrected chi connectivity index (χ3v) is 6.38. The molecular weight excluding hydrogens is 352 g/mol. The molecular formula is C21H28N6O. The first-order valence-corrected chi connectivity index (χ1v) is 10.7. The summed E-state index contributed by atoms with van der Waals surface area (Å²) in [4.78, 5) is 22.1. The lowest BCUT2D eigenvalue weighted by Gasteiger charge is -2.35. The van der Waals surface area contributed by atoms with Gasteiger partial charge in [-0.1, -0.05) is 0 Å². The molecule has 2 aromatic rings. The van der Waals surface area contributed by atoms with E-state index in [1.807, 2.05) is 17.0 Å². The molecule has 0 radical (unpaired) electrons. The molecule has 7 heteroatoms. The number of anilines is 1. The molecule has 148 valence electrons. The van der Waals surface area contributed by atoms with Gasteiger partial charge >= 0.3 is 0 Å². The van der Waals surface area contributed by atoms with Crippen molar-refractivity contribution in [2.45, 2.75) is 57.4 Å². The fourth-order valence-electron chi connectivity index (χ4n) is 4.94. The number of pyridine rings is 1. The highest BCUT2D eigenvalue weighted by Crippen LogP contribution is 2.32. The van der Waals surface area contributed by atoms with Gasteiger partial charge in [-0.25, -0.2) is 4.98 Å². The molecule has 5 heterocycles. The number of likely N-dealkylation sites (tertiary alicyclic amines) is 1. The van der Waals surface area contributed by atoms with Gasteiger partial charge in [0.15, 0.2) is 0 Å². The highest BCUT2D eigenvalue weighted by Gasteiger charge is 2.31. The van der Waals surface area contributed by atoms with Crippen molar-refractivity contribution >= 4 is 11.7 Å². The molecule has 0 saturated carbocycles. The van der Waals surface area contributed by atoms with Crippen LogP contribution in [0.1, 0.15) is 66.4 Å². The summed E-state index contributed by atoms with van der Waals surface area (Å²) in [7, 11) is 0. The standard InChI is InChI=1S/C21H28N6O/c28-21(25-11-2-1-3-12-25)17-8-4-10-22-20(17)26-13-5-7-16(15-26)19-24-23-18-9-6-14-27(18)19/h4,8,10,16H,1-3,5-7,9,11-15H2. The van der Waals surface area contributed by atoms with Gasteiger partial charge in [0, 0.05) is 51.3 Å². The number of piperidine rings is 2. The number of aromatic nitrogens is 4. The average molecular weight is 380 g/mol. The van der Waals surface area contributed by atoms with Crippen molar-refractivity contribution in [1.82, 2.24) is 24.6 Å². The van der Waals surface area contributed by atoms with Crippen LogP contribution < -0.4 is 4.90 Å². The van der Waals surface area contributed by atoms with Gasteiger partial charge in [-0.2, -0.15) is 0 Å². The van der Waals surface area contributed by atoms with Crippen LogP contribution in [0.5, 0.6) is 0 Å². The molecule has 2 aromatic heterocycles. The highest BCUT2D eigenvalue weighted by molar-refractivity contribution is 5.99. The summed E-state index contributed by atoms with van der Waals surface area (Å²) in [5.74, 6) is 3.58. The van der Waals surface area contributed by atoms with E-state index in [2.05, 4.69) is 24.6 Å². The van der Waals surface area contributed by atoms with Crippen LogP contribution in [0.4, 0.5) is 5.82 Å². The molecule has 0 bridgehead atoms. The lowest BCUT2D eigenvalue weighted by atomic mass is 9.96. The Morgan fingerprint density at radius 3 is 2.79 bits per heavy atom. The monoisotopic (exact) mass is 380 g/mol. The lowest BCUT2D eigenvalue weighted by molar-refractivity contribution is 0.0724. The minimum absolute atomic E-state index is 0.133. The molecule has 1 amide bonds. The Bertz CT molecular complexity index is 856.